The maximum absolute atomic E-state index is 12.3. The van der Waals surface area contributed by atoms with E-state index >= 15 is 0 Å². The minimum Gasteiger partial charge on any atom is -0.394 e. The summed E-state index contributed by atoms with van der Waals surface area (Å²) in [4.78, 5) is 14.1. The van der Waals surface area contributed by atoms with Crippen molar-refractivity contribution in [2.24, 2.45) is 0 Å². The Kier molecular flexibility index (Phi) is 4.49. The Morgan fingerprint density at radius 3 is 2.78 bits per heavy atom. The summed E-state index contributed by atoms with van der Waals surface area (Å²) in [7, 11) is 0. The molecule has 1 saturated heterocycles. The Balaban J connectivity index is 2.21. The number of aliphatic hydroxyl groups is 1. The van der Waals surface area contributed by atoms with Crippen LogP contribution in [0, 0.1) is 0 Å². The molecule has 1 amide bonds. The molecule has 1 heterocycles. The highest BCUT2D eigenvalue weighted by molar-refractivity contribution is 6.42. The van der Waals surface area contributed by atoms with Gasteiger partial charge in [0, 0.05) is 12.1 Å². The second-order valence-electron chi connectivity index (χ2n) is 4.46. The third-order valence-corrected chi connectivity index (χ3v) is 4.00. The van der Waals surface area contributed by atoms with Crippen LogP contribution >= 0.6 is 23.2 Å². The number of benzene rings is 1. The highest BCUT2D eigenvalue weighted by Crippen LogP contribution is 2.25. The Morgan fingerprint density at radius 2 is 2.11 bits per heavy atom. The van der Waals surface area contributed by atoms with Gasteiger partial charge in [0.2, 0.25) is 0 Å². The van der Waals surface area contributed by atoms with E-state index in [0.717, 1.165) is 19.3 Å². The van der Waals surface area contributed by atoms with E-state index in [-0.39, 0.29) is 18.6 Å². The first-order valence-electron chi connectivity index (χ1n) is 6.00. The van der Waals surface area contributed by atoms with Crippen molar-refractivity contribution in [3.8, 4) is 0 Å². The fraction of sp³-hybridized carbons (Fsp3) is 0.462. The maximum Gasteiger partial charge on any atom is 0.254 e. The average molecular weight is 288 g/mol. The number of carbonyl (C=O) groups excluding carboxylic acids is 1. The molecule has 1 aromatic rings. The number of amides is 1. The summed E-state index contributed by atoms with van der Waals surface area (Å²) in [6.45, 7) is 0.692. The molecule has 0 spiro atoms. The van der Waals surface area contributed by atoms with E-state index in [1.165, 1.54) is 0 Å². The van der Waals surface area contributed by atoms with Gasteiger partial charge in [0.05, 0.1) is 22.7 Å². The van der Waals surface area contributed by atoms with E-state index in [1.54, 1.807) is 23.1 Å². The topological polar surface area (TPSA) is 40.5 Å². The van der Waals surface area contributed by atoms with Crippen molar-refractivity contribution < 1.29 is 9.90 Å². The number of hydrogen-bond acceptors (Lipinski definition) is 2. The summed E-state index contributed by atoms with van der Waals surface area (Å²) in [5.74, 6) is -0.0904. The lowest BCUT2D eigenvalue weighted by atomic mass is 10.0. The smallest absolute Gasteiger partial charge is 0.254 e. The van der Waals surface area contributed by atoms with E-state index in [2.05, 4.69) is 0 Å². The van der Waals surface area contributed by atoms with Crippen molar-refractivity contribution in [2.45, 2.75) is 25.3 Å². The molecule has 0 saturated carbocycles. The van der Waals surface area contributed by atoms with Gasteiger partial charge in [-0.2, -0.15) is 0 Å². The summed E-state index contributed by atoms with van der Waals surface area (Å²) in [6, 6.07) is 4.78. The largest absolute Gasteiger partial charge is 0.394 e. The number of carbonyl (C=O) groups is 1. The first-order chi connectivity index (χ1) is 8.63. The van der Waals surface area contributed by atoms with Gasteiger partial charge in [-0.1, -0.05) is 23.2 Å². The zero-order valence-corrected chi connectivity index (χ0v) is 11.4. The van der Waals surface area contributed by atoms with Crippen molar-refractivity contribution in [1.82, 2.24) is 4.90 Å². The molecule has 3 nitrogen and oxygen atoms in total. The van der Waals surface area contributed by atoms with Gasteiger partial charge in [0.1, 0.15) is 0 Å². The van der Waals surface area contributed by atoms with Gasteiger partial charge in [-0.3, -0.25) is 4.79 Å². The highest BCUT2D eigenvalue weighted by Gasteiger charge is 2.27. The lowest BCUT2D eigenvalue weighted by Crippen LogP contribution is -2.45. The van der Waals surface area contributed by atoms with Gasteiger partial charge in [-0.15, -0.1) is 0 Å². The van der Waals surface area contributed by atoms with E-state index in [0.29, 0.717) is 22.2 Å². The third-order valence-electron chi connectivity index (χ3n) is 3.27. The number of aliphatic hydroxyl groups excluding tert-OH is 1. The third kappa shape index (κ3) is 2.79. The second kappa shape index (κ2) is 5.91. The number of likely N-dealkylation sites (tertiary alicyclic amines) is 1. The Hall–Kier alpha value is -0.770. The molecular weight excluding hydrogens is 273 g/mol. The Labute approximate surface area is 116 Å². The molecule has 1 atom stereocenters. The van der Waals surface area contributed by atoms with Gasteiger partial charge in [0.15, 0.2) is 0 Å². The molecule has 1 aliphatic heterocycles. The number of rotatable bonds is 2. The van der Waals surface area contributed by atoms with Crippen LogP contribution in [0.1, 0.15) is 29.6 Å². The minimum atomic E-state index is -0.0904. The van der Waals surface area contributed by atoms with Crippen LogP contribution < -0.4 is 0 Å². The Bertz CT molecular complexity index is 451. The van der Waals surface area contributed by atoms with Crippen LogP contribution in [0.2, 0.25) is 10.0 Å². The van der Waals surface area contributed by atoms with Crippen molar-refractivity contribution in [2.75, 3.05) is 13.2 Å². The van der Waals surface area contributed by atoms with Crippen LogP contribution in [-0.2, 0) is 0 Å². The summed E-state index contributed by atoms with van der Waals surface area (Å²) in [6.07, 6.45) is 2.88. The number of nitrogens with zero attached hydrogens (tertiary/aromatic N) is 1. The SMILES string of the molecule is O=C(c1ccc(Cl)c(Cl)c1)N1CCCCC1CO. The van der Waals surface area contributed by atoms with Gasteiger partial charge < -0.3 is 10.0 Å². The Morgan fingerprint density at radius 1 is 1.33 bits per heavy atom. The summed E-state index contributed by atoms with van der Waals surface area (Å²) < 4.78 is 0. The molecule has 18 heavy (non-hydrogen) atoms. The van der Waals surface area contributed by atoms with Gasteiger partial charge >= 0.3 is 0 Å². The molecule has 0 bridgehead atoms. The zero-order chi connectivity index (χ0) is 13.1. The molecule has 1 fully saturated rings. The fourth-order valence-corrected chi connectivity index (χ4v) is 2.55. The van der Waals surface area contributed by atoms with Crippen LogP contribution in [-0.4, -0.2) is 35.1 Å². The lowest BCUT2D eigenvalue weighted by Gasteiger charge is -2.34. The minimum absolute atomic E-state index is 0.00701. The average Bonchev–Trinajstić information content (AvgIpc) is 2.41. The molecule has 5 heteroatoms. The zero-order valence-electron chi connectivity index (χ0n) is 9.90. The molecular formula is C13H15Cl2NO2. The first-order valence-corrected chi connectivity index (χ1v) is 6.76. The number of halogens is 2. The van der Waals surface area contributed by atoms with Crippen molar-refractivity contribution in [1.29, 1.82) is 0 Å². The van der Waals surface area contributed by atoms with Gasteiger partial charge in [-0.05, 0) is 37.5 Å². The van der Waals surface area contributed by atoms with E-state index in [1.807, 2.05) is 0 Å². The normalized spacial score (nSPS) is 19.9. The quantitative estimate of drug-likeness (QED) is 0.909. The van der Waals surface area contributed by atoms with Crippen LogP contribution in [0.5, 0.6) is 0 Å². The molecule has 1 unspecified atom stereocenters. The van der Waals surface area contributed by atoms with Crippen molar-refractivity contribution >= 4 is 29.1 Å². The van der Waals surface area contributed by atoms with Crippen LogP contribution in [0.3, 0.4) is 0 Å². The molecule has 1 aromatic carbocycles. The van der Waals surface area contributed by atoms with E-state index in [4.69, 9.17) is 23.2 Å². The van der Waals surface area contributed by atoms with Gasteiger partial charge in [-0.25, -0.2) is 0 Å². The summed E-state index contributed by atoms with van der Waals surface area (Å²) >= 11 is 11.7. The second-order valence-corrected chi connectivity index (χ2v) is 5.27. The predicted molar refractivity (Wildman–Crippen MR) is 72.2 cm³/mol. The molecule has 98 valence electrons. The monoisotopic (exact) mass is 287 g/mol. The van der Waals surface area contributed by atoms with E-state index in [9.17, 15) is 9.90 Å². The molecule has 1 N–H and O–H groups in total. The molecule has 0 aliphatic carbocycles. The van der Waals surface area contributed by atoms with Crippen LogP contribution in [0.4, 0.5) is 0 Å². The summed E-state index contributed by atoms with van der Waals surface area (Å²) in [5, 5.41) is 10.1. The lowest BCUT2D eigenvalue weighted by molar-refractivity contribution is 0.0503. The van der Waals surface area contributed by atoms with Gasteiger partial charge in [0.25, 0.3) is 5.91 Å². The molecule has 1 aliphatic rings. The molecule has 0 radical (unpaired) electrons. The molecule has 0 aromatic heterocycles. The number of hydrogen-bond donors (Lipinski definition) is 1. The van der Waals surface area contributed by atoms with Crippen LogP contribution in [0.25, 0.3) is 0 Å². The predicted octanol–water partition coefficient (Wildman–Crippen LogP) is 2.98. The van der Waals surface area contributed by atoms with Crippen molar-refractivity contribution in [3.63, 3.8) is 0 Å². The highest BCUT2D eigenvalue weighted by atomic mass is 35.5. The molecule has 2 rings (SSSR count). The van der Waals surface area contributed by atoms with E-state index < -0.39 is 0 Å². The van der Waals surface area contributed by atoms with Crippen LogP contribution in [0.15, 0.2) is 18.2 Å². The fourth-order valence-electron chi connectivity index (χ4n) is 2.25. The maximum atomic E-state index is 12.3. The standard InChI is InChI=1S/C13H15Cl2NO2/c14-11-5-4-9(7-12(11)15)13(18)16-6-2-1-3-10(16)8-17/h4-5,7,10,17H,1-3,6,8H2. The van der Waals surface area contributed by atoms with Crippen molar-refractivity contribution in [3.05, 3.63) is 33.8 Å². The first kappa shape index (κ1) is 13.7. The number of piperidine rings is 1. The summed E-state index contributed by atoms with van der Waals surface area (Å²) in [5.41, 5.74) is 0.518.